The molecule has 0 atom stereocenters. The van der Waals surface area contributed by atoms with Crippen molar-refractivity contribution in [1.82, 2.24) is 0 Å². The Morgan fingerprint density at radius 2 is 1.04 bits per heavy atom. The van der Waals surface area contributed by atoms with Crippen LogP contribution in [-0.2, 0) is 11.8 Å². The topological polar surface area (TPSA) is 58.9 Å². The van der Waals surface area contributed by atoms with E-state index in [1.165, 1.54) is 44.2 Å². The Kier molecular flexibility index (Phi) is 7.17. The number of aliphatic hydroxyl groups excluding tert-OH is 2. The van der Waals surface area contributed by atoms with E-state index in [4.69, 9.17) is 9.47 Å². The van der Waals surface area contributed by atoms with Crippen molar-refractivity contribution < 1.29 is 19.7 Å². The van der Waals surface area contributed by atoms with E-state index in [1.807, 2.05) is 24.3 Å². The normalized spacial score (nSPS) is 13.4. The minimum Gasteiger partial charge on any atom is -0.491 e. The Morgan fingerprint density at radius 1 is 0.500 bits per heavy atom. The molecule has 1 aliphatic carbocycles. The first kappa shape index (κ1) is 28.3. The molecule has 0 aliphatic heterocycles. The third-order valence-electron chi connectivity index (χ3n) is 9.44. The molecule has 4 nitrogen and oxygen atoms in total. The van der Waals surface area contributed by atoms with Gasteiger partial charge in [-0.15, -0.1) is 0 Å². The summed E-state index contributed by atoms with van der Waals surface area (Å²) in [5, 5.41) is 25.5. The highest BCUT2D eigenvalue weighted by Crippen LogP contribution is 2.53. The van der Waals surface area contributed by atoms with Crippen molar-refractivity contribution in [2.75, 3.05) is 26.4 Å². The summed E-state index contributed by atoms with van der Waals surface area (Å²) >= 11 is 0. The summed E-state index contributed by atoms with van der Waals surface area (Å²) in [4.78, 5) is 0. The Bertz CT molecular complexity index is 2140. The number of benzene rings is 7. The van der Waals surface area contributed by atoms with Crippen LogP contribution in [-0.4, -0.2) is 36.6 Å². The summed E-state index contributed by atoms with van der Waals surface area (Å²) in [7, 11) is 0. The van der Waals surface area contributed by atoms with Gasteiger partial charge in [-0.25, -0.2) is 0 Å². The summed E-state index contributed by atoms with van der Waals surface area (Å²) in [6.45, 7) is 0.502. The number of ether oxygens (including phenoxy) is 2. The van der Waals surface area contributed by atoms with E-state index in [1.54, 1.807) is 0 Å². The van der Waals surface area contributed by atoms with Gasteiger partial charge in [0.2, 0.25) is 0 Å². The van der Waals surface area contributed by atoms with Crippen LogP contribution in [0.25, 0.3) is 32.3 Å². The van der Waals surface area contributed by atoms with Crippen molar-refractivity contribution in [3.8, 4) is 11.5 Å². The van der Waals surface area contributed by atoms with Crippen LogP contribution in [0.1, 0.15) is 33.4 Å². The van der Waals surface area contributed by atoms with Gasteiger partial charge in [-0.1, -0.05) is 97.1 Å². The van der Waals surface area contributed by atoms with Gasteiger partial charge < -0.3 is 19.7 Å². The first-order chi connectivity index (χ1) is 22.7. The maximum absolute atomic E-state index is 9.26. The third kappa shape index (κ3) is 4.61. The fraction of sp³-hybridized carbons (Fsp3) is 0.143. The van der Waals surface area contributed by atoms with Gasteiger partial charge in [0.25, 0.3) is 0 Å². The van der Waals surface area contributed by atoms with Crippen molar-refractivity contribution in [2.24, 2.45) is 0 Å². The Balaban J connectivity index is 1.42. The zero-order chi connectivity index (χ0) is 31.1. The van der Waals surface area contributed by atoms with Crippen molar-refractivity contribution >= 4 is 32.3 Å². The van der Waals surface area contributed by atoms with Crippen LogP contribution in [0.4, 0.5) is 0 Å². The van der Waals surface area contributed by atoms with Crippen LogP contribution >= 0.6 is 0 Å². The summed E-state index contributed by atoms with van der Waals surface area (Å²) in [6, 6.07) is 48.1. The first-order valence-corrected chi connectivity index (χ1v) is 15.8. The van der Waals surface area contributed by atoms with E-state index in [-0.39, 0.29) is 26.4 Å². The molecule has 0 aromatic heterocycles. The van der Waals surface area contributed by atoms with E-state index in [0.717, 1.165) is 39.5 Å². The highest BCUT2D eigenvalue weighted by atomic mass is 16.5. The molecule has 0 bridgehead atoms. The molecule has 1 aliphatic rings. The molecule has 0 amide bonds. The van der Waals surface area contributed by atoms with Crippen LogP contribution < -0.4 is 9.47 Å². The first-order valence-electron chi connectivity index (χ1n) is 15.8. The van der Waals surface area contributed by atoms with E-state index in [9.17, 15) is 10.2 Å². The second-order valence-corrected chi connectivity index (χ2v) is 12.0. The molecule has 7 aromatic rings. The molecule has 4 heteroatoms. The van der Waals surface area contributed by atoms with Crippen LogP contribution in [0.3, 0.4) is 0 Å². The zero-order valence-electron chi connectivity index (χ0n) is 25.4. The summed E-state index contributed by atoms with van der Waals surface area (Å²) < 4.78 is 11.5. The SMILES string of the molecule is OCCOc1ccc2cc(C3(c4ccc5cc(OCCO)ccc5c4)c4ccccc4Cc4c3ccc3ccccc43)ccc2c1. The highest BCUT2D eigenvalue weighted by Gasteiger charge is 2.44. The van der Waals surface area contributed by atoms with E-state index >= 15 is 0 Å². The average molecular weight is 603 g/mol. The molecular formula is C42H34O4. The molecular weight excluding hydrogens is 568 g/mol. The molecule has 0 saturated heterocycles. The van der Waals surface area contributed by atoms with Gasteiger partial charge in [0, 0.05) is 0 Å². The van der Waals surface area contributed by atoms with Gasteiger partial charge in [-0.3, -0.25) is 0 Å². The molecule has 8 rings (SSSR count). The molecule has 0 radical (unpaired) electrons. The third-order valence-corrected chi connectivity index (χ3v) is 9.44. The predicted octanol–water partition coefficient (Wildman–Crippen LogP) is 8.18. The zero-order valence-corrected chi connectivity index (χ0v) is 25.4. The fourth-order valence-electron chi connectivity index (χ4n) is 7.46. The number of hydrogen-bond acceptors (Lipinski definition) is 4. The Morgan fingerprint density at radius 3 is 1.70 bits per heavy atom. The smallest absolute Gasteiger partial charge is 0.120 e. The fourth-order valence-corrected chi connectivity index (χ4v) is 7.46. The number of aliphatic hydroxyl groups is 2. The molecule has 0 saturated carbocycles. The second kappa shape index (κ2) is 11.6. The minimum atomic E-state index is -0.575. The molecule has 7 aromatic carbocycles. The molecule has 0 heterocycles. The lowest BCUT2D eigenvalue weighted by Crippen LogP contribution is -2.36. The maximum Gasteiger partial charge on any atom is 0.120 e. The van der Waals surface area contributed by atoms with Gasteiger partial charge >= 0.3 is 0 Å². The van der Waals surface area contributed by atoms with Crippen molar-refractivity contribution in [2.45, 2.75) is 11.8 Å². The quantitative estimate of drug-likeness (QED) is 0.184. The lowest BCUT2D eigenvalue weighted by atomic mass is 9.59. The lowest BCUT2D eigenvalue weighted by molar-refractivity contribution is 0.201. The number of fused-ring (bicyclic) bond motifs is 6. The summed E-state index contributed by atoms with van der Waals surface area (Å²) in [5.74, 6) is 1.50. The Labute approximate surface area is 268 Å². The Hall–Kier alpha value is -5.16. The maximum atomic E-state index is 9.26. The second-order valence-electron chi connectivity index (χ2n) is 12.0. The van der Waals surface area contributed by atoms with Crippen LogP contribution in [0.5, 0.6) is 11.5 Å². The van der Waals surface area contributed by atoms with Gasteiger partial charge in [0.15, 0.2) is 0 Å². The van der Waals surface area contributed by atoms with Crippen molar-refractivity contribution in [3.63, 3.8) is 0 Å². The number of rotatable bonds is 8. The van der Waals surface area contributed by atoms with Crippen molar-refractivity contribution in [1.29, 1.82) is 0 Å². The molecule has 2 N–H and O–H groups in total. The summed E-state index contributed by atoms with van der Waals surface area (Å²) in [5.41, 5.74) is 7.11. The predicted molar refractivity (Wildman–Crippen MR) is 185 cm³/mol. The summed E-state index contributed by atoms with van der Waals surface area (Å²) in [6.07, 6.45) is 0.868. The van der Waals surface area contributed by atoms with Gasteiger partial charge in [-0.2, -0.15) is 0 Å². The standard InChI is InChI=1S/C42H34O4/c43-19-21-45-36-16-11-29-23-34(14-9-31(29)25-36)42(35-15-10-32-26-37(46-22-20-44)17-12-30(32)24-35)40-8-4-2-6-33(40)27-39-38-7-3-1-5-28(38)13-18-41(39)42/h1-18,23-26,43-44H,19-22,27H2. The minimum absolute atomic E-state index is 0.0181. The molecule has 0 spiro atoms. The van der Waals surface area contributed by atoms with E-state index < -0.39 is 5.41 Å². The van der Waals surface area contributed by atoms with Crippen molar-refractivity contribution in [3.05, 3.63) is 167 Å². The lowest BCUT2D eigenvalue weighted by Gasteiger charge is -2.43. The van der Waals surface area contributed by atoms with E-state index in [0.29, 0.717) is 0 Å². The molecule has 226 valence electrons. The molecule has 0 fully saturated rings. The van der Waals surface area contributed by atoms with Crippen LogP contribution in [0.15, 0.2) is 133 Å². The molecule has 0 unspecified atom stereocenters. The highest BCUT2D eigenvalue weighted by molar-refractivity contribution is 5.92. The molecule has 46 heavy (non-hydrogen) atoms. The monoisotopic (exact) mass is 602 g/mol. The largest absolute Gasteiger partial charge is 0.491 e. The van der Waals surface area contributed by atoms with Gasteiger partial charge in [0.1, 0.15) is 24.7 Å². The van der Waals surface area contributed by atoms with E-state index in [2.05, 4.69) is 109 Å². The van der Waals surface area contributed by atoms with Gasteiger partial charge in [0.05, 0.1) is 18.6 Å². The van der Waals surface area contributed by atoms with Gasteiger partial charge in [-0.05, 0) is 109 Å². The van der Waals surface area contributed by atoms with Crippen LogP contribution in [0.2, 0.25) is 0 Å². The van der Waals surface area contributed by atoms with Crippen LogP contribution in [0, 0.1) is 0 Å². The average Bonchev–Trinajstić information content (AvgIpc) is 3.11. The number of hydrogen-bond donors (Lipinski definition) is 2.